The van der Waals surface area contributed by atoms with Crippen molar-refractivity contribution in [1.29, 1.82) is 0 Å². The van der Waals surface area contributed by atoms with Gasteiger partial charge in [-0.05, 0) is 17.5 Å². The summed E-state index contributed by atoms with van der Waals surface area (Å²) in [5.41, 5.74) is 1.56. The highest BCUT2D eigenvalue weighted by Crippen LogP contribution is 2.25. The van der Waals surface area contributed by atoms with Crippen LogP contribution < -0.4 is 4.72 Å². The highest BCUT2D eigenvalue weighted by Gasteiger charge is 2.17. The number of hydrogen-bond donors (Lipinski definition) is 2. The molecule has 0 saturated heterocycles. The van der Waals surface area contributed by atoms with Crippen LogP contribution in [-0.4, -0.2) is 18.4 Å². The van der Waals surface area contributed by atoms with Crippen molar-refractivity contribution in [2.24, 2.45) is 0 Å². The molecule has 2 N–H and O–H groups in total. The second-order valence-corrected chi connectivity index (χ2v) is 5.91. The molecule has 6 heteroatoms. The first-order valence-corrected chi connectivity index (χ1v) is 7.09. The zero-order valence-electron chi connectivity index (χ0n) is 10.2. The lowest BCUT2D eigenvalue weighted by Gasteiger charge is -2.13. The first-order valence-electron chi connectivity index (χ1n) is 5.61. The number of nitrogens with one attached hydrogen (secondary N) is 2. The highest BCUT2D eigenvalue weighted by atomic mass is 32.2. The second kappa shape index (κ2) is 4.81. The molecule has 1 heterocycles. The molecule has 1 aromatic heterocycles. The number of aromatic amines is 1. The minimum absolute atomic E-state index is 0.0565. The van der Waals surface area contributed by atoms with Gasteiger partial charge in [-0.1, -0.05) is 32.0 Å². The topological polar surface area (TPSA) is 74.8 Å². The van der Waals surface area contributed by atoms with Crippen LogP contribution in [0.3, 0.4) is 0 Å². The van der Waals surface area contributed by atoms with Gasteiger partial charge in [0.05, 0.1) is 18.2 Å². The monoisotopic (exact) mass is 265 g/mol. The number of aromatic nitrogens is 2. The van der Waals surface area contributed by atoms with Gasteiger partial charge < -0.3 is 4.98 Å². The smallest absolute Gasteiger partial charge is 0.278 e. The van der Waals surface area contributed by atoms with Gasteiger partial charge in [-0.3, -0.25) is 4.72 Å². The summed E-state index contributed by atoms with van der Waals surface area (Å²) >= 11 is 0. The lowest BCUT2D eigenvalue weighted by molar-refractivity contribution is 0.598. The van der Waals surface area contributed by atoms with Crippen molar-refractivity contribution >= 4 is 15.7 Å². The molecule has 1 aromatic carbocycles. The molecule has 0 fully saturated rings. The molecule has 0 atom stereocenters. The number of anilines is 1. The van der Waals surface area contributed by atoms with Gasteiger partial charge in [0, 0.05) is 0 Å². The van der Waals surface area contributed by atoms with E-state index in [-0.39, 0.29) is 10.9 Å². The van der Waals surface area contributed by atoms with Crippen LogP contribution in [0.15, 0.2) is 41.8 Å². The van der Waals surface area contributed by atoms with Crippen LogP contribution in [0.2, 0.25) is 0 Å². The first-order chi connectivity index (χ1) is 8.50. The highest BCUT2D eigenvalue weighted by molar-refractivity contribution is 7.92. The van der Waals surface area contributed by atoms with Gasteiger partial charge in [0.2, 0.25) is 0 Å². The lowest BCUT2D eigenvalue weighted by atomic mass is 10.0. The van der Waals surface area contributed by atoms with E-state index in [0.717, 1.165) is 5.56 Å². The van der Waals surface area contributed by atoms with E-state index in [2.05, 4.69) is 14.7 Å². The number of para-hydroxylation sites is 1. The van der Waals surface area contributed by atoms with Crippen LogP contribution in [0, 0.1) is 0 Å². The Labute approximate surface area is 106 Å². The van der Waals surface area contributed by atoms with E-state index in [9.17, 15) is 8.42 Å². The van der Waals surface area contributed by atoms with Gasteiger partial charge in [0.15, 0.2) is 5.03 Å². The molecule has 0 aliphatic carbocycles. The third-order valence-electron chi connectivity index (χ3n) is 2.59. The Balaban J connectivity index is 2.36. The molecule has 0 unspecified atom stereocenters. The van der Waals surface area contributed by atoms with Crippen LogP contribution in [0.1, 0.15) is 25.3 Å². The number of H-pyrrole nitrogens is 1. The Kier molecular flexibility index (Phi) is 3.38. The number of rotatable bonds is 4. The van der Waals surface area contributed by atoms with E-state index in [4.69, 9.17) is 0 Å². The van der Waals surface area contributed by atoms with Crippen LogP contribution in [-0.2, 0) is 10.0 Å². The van der Waals surface area contributed by atoms with Gasteiger partial charge in [0.1, 0.15) is 0 Å². The molecule has 2 rings (SSSR count). The van der Waals surface area contributed by atoms with Gasteiger partial charge in [-0.2, -0.15) is 8.42 Å². The Morgan fingerprint density at radius 3 is 2.61 bits per heavy atom. The van der Waals surface area contributed by atoms with Gasteiger partial charge in [-0.25, -0.2) is 4.98 Å². The van der Waals surface area contributed by atoms with Crippen LogP contribution in [0.4, 0.5) is 5.69 Å². The molecular formula is C12H15N3O2S. The summed E-state index contributed by atoms with van der Waals surface area (Å²) in [6, 6.07) is 7.36. The van der Waals surface area contributed by atoms with Gasteiger partial charge in [-0.15, -0.1) is 0 Å². The molecule has 0 amide bonds. The van der Waals surface area contributed by atoms with Crippen molar-refractivity contribution in [1.82, 2.24) is 9.97 Å². The van der Waals surface area contributed by atoms with Gasteiger partial charge >= 0.3 is 0 Å². The van der Waals surface area contributed by atoms with Crippen molar-refractivity contribution in [3.63, 3.8) is 0 Å². The largest absolute Gasteiger partial charge is 0.334 e. The van der Waals surface area contributed by atoms with Crippen LogP contribution >= 0.6 is 0 Å². The number of imidazole rings is 1. The summed E-state index contributed by atoms with van der Waals surface area (Å²) in [6.45, 7) is 4.03. The van der Waals surface area contributed by atoms with E-state index in [0.29, 0.717) is 5.69 Å². The molecule has 0 radical (unpaired) electrons. The van der Waals surface area contributed by atoms with Crippen LogP contribution in [0.25, 0.3) is 0 Å². The summed E-state index contributed by atoms with van der Waals surface area (Å²) in [5.74, 6) is 0.241. The van der Waals surface area contributed by atoms with Crippen molar-refractivity contribution in [2.45, 2.75) is 24.8 Å². The number of sulfonamides is 1. The Hall–Kier alpha value is -1.82. The summed E-state index contributed by atoms with van der Waals surface area (Å²) in [5, 5.41) is 0.0565. The van der Waals surface area contributed by atoms with E-state index < -0.39 is 10.0 Å². The first kappa shape index (κ1) is 12.6. The van der Waals surface area contributed by atoms with Gasteiger partial charge in [0.25, 0.3) is 10.0 Å². The lowest BCUT2D eigenvalue weighted by Crippen LogP contribution is -2.14. The Bertz CT molecular complexity index is 619. The standard InChI is InChI=1S/C12H15N3O2S/c1-9(2)10-5-3-4-6-11(10)15-18(16,17)12-7-13-8-14-12/h3-9,15H,1-2H3,(H,13,14). The molecule has 0 spiro atoms. The predicted molar refractivity (Wildman–Crippen MR) is 69.9 cm³/mol. The zero-order chi connectivity index (χ0) is 13.2. The normalized spacial score (nSPS) is 11.7. The van der Waals surface area contributed by atoms with Crippen molar-refractivity contribution < 1.29 is 8.42 Å². The number of nitrogens with zero attached hydrogens (tertiary/aromatic N) is 1. The van der Waals surface area contributed by atoms with E-state index in [1.54, 1.807) is 12.1 Å². The maximum absolute atomic E-state index is 12.1. The van der Waals surface area contributed by atoms with E-state index in [1.165, 1.54) is 12.5 Å². The maximum atomic E-state index is 12.1. The molecule has 0 aliphatic heterocycles. The van der Waals surface area contributed by atoms with E-state index >= 15 is 0 Å². The fourth-order valence-corrected chi connectivity index (χ4v) is 2.68. The third-order valence-corrected chi connectivity index (χ3v) is 3.88. The number of benzene rings is 1. The van der Waals surface area contributed by atoms with E-state index in [1.807, 2.05) is 26.0 Å². The molecule has 0 bridgehead atoms. The van der Waals surface area contributed by atoms with Crippen molar-refractivity contribution in [3.05, 3.63) is 42.4 Å². The summed E-state index contributed by atoms with van der Waals surface area (Å²) < 4.78 is 26.7. The molecular weight excluding hydrogens is 250 g/mol. The quantitative estimate of drug-likeness (QED) is 0.891. The molecule has 0 saturated carbocycles. The average Bonchev–Trinajstić information content (AvgIpc) is 2.83. The SMILES string of the molecule is CC(C)c1ccccc1NS(=O)(=O)c1cnc[nH]1. The summed E-state index contributed by atoms with van der Waals surface area (Å²) in [4.78, 5) is 6.30. The molecule has 0 aliphatic rings. The summed E-state index contributed by atoms with van der Waals surface area (Å²) in [7, 11) is -3.59. The minimum Gasteiger partial charge on any atom is -0.334 e. The minimum atomic E-state index is -3.59. The summed E-state index contributed by atoms with van der Waals surface area (Å²) in [6.07, 6.45) is 2.61. The van der Waals surface area contributed by atoms with Crippen molar-refractivity contribution in [3.8, 4) is 0 Å². The zero-order valence-corrected chi connectivity index (χ0v) is 11.0. The third kappa shape index (κ3) is 2.53. The molecule has 18 heavy (non-hydrogen) atoms. The maximum Gasteiger partial charge on any atom is 0.278 e. The Morgan fingerprint density at radius 1 is 1.28 bits per heavy atom. The Morgan fingerprint density at radius 2 is 2.00 bits per heavy atom. The average molecular weight is 265 g/mol. The second-order valence-electron chi connectivity index (χ2n) is 4.26. The molecule has 96 valence electrons. The van der Waals surface area contributed by atoms with Crippen molar-refractivity contribution in [2.75, 3.05) is 4.72 Å². The molecule has 5 nitrogen and oxygen atoms in total. The fourth-order valence-electron chi connectivity index (χ4n) is 1.68. The van der Waals surface area contributed by atoms with Crippen LogP contribution in [0.5, 0.6) is 0 Å². The predicted octanol–water partition coefficient (Wildman–Crippen LogP) is 2.33. The number of hydrogen-bond acceptors (Lipinski definition) is 3. The molecule has 2 aromatic rings. The fraction of sp³-hybridized carbons (Fsp3) is 0.250.